The van der Waals surface area contributed by atoms with Gasteiger partial charge in [0.05, 0.1) is 29.6 Å². The second kappa shape index (κ2) is 9.50. The first kappa shape index (κ1) is 25.0. The highest BCUT2D eigenvalue weighted by Crippen LogP contribution is 2.28. The number of esters is 1. The summed E-state index contributed by atoms with van der Waals surface area (Å²) in [5.74, 6) is 0.0480. The molecule has 0 radical (unpaired) electrons. The van der Waals surface area contributed by atoms with Crippen molar-refractivity contribution in [1.29, 1.82) is 0 Å². The van der Waals surface area contributed by atoms with Crippen molar-refractivity contribution in [1.82, 2.24) is 9.72 Å². The molecule has 0 unspecified atom stereocenters. The Hall–Kier alpha value is -4.12. The highest BCUT2D eigenvalue weighted by atomic mass is 32.2. The number of carbonyl (C=O) groups excluding carboxylic acids is 1. The van der Waals surface area contributed by atoms with E-state index in [1.165, 1.54) is 48.3 Å². The van der Waals surface area contributed by atoms with E-state index in [0.29, 0.717) is 27.9 Å². The minimum atomic E-state index is -3.95. The molecule has 188 valence electrons. The Labute approximate surface area is 207 Å². The number of sulfonamides is 1. The molecule has 0 fully saturated rings. The number of methoxy groups -OCH3 is 1. The van der Waals surface area contributed by atoms with E-state index in [0.717, 1.165) is 0 Å². The van der Waals surface area contributed by atoms with Crippen molar-refractivity contribution >= 4 is 32.7 Å². The van der Waals surface area contributed by atoms with Gasteiger partial charge in [-0.2, -0.15) is 0 Å². The zero-order chi connectivity index (χ0) is 26.1. The molecular formula is C25H25N3O7S. The molecule has 2 aromatic heterocycles. The second-order valence-electron chi connectivity index (χ2n) is 8.99. The van der Waals surface area contributed by atoms with E-state index in [2.05, 4.69) is 14.4 Å². The van der Waals surface area contributed by atoms with Crippen LogP contribution in [-0.2, 0) is 26.0 Å². The Bertz CT molecular complexity index is 1580. The second-order valence-corrected chi connectivity index (χ2v) is 10.7. The standard InChI is InChI=1S/C25H25N3O7S/c1-25(2,3)35-24(30)14-16-5-9-21(33-4)20(13-16)28-19-8-7-18(15-17(19)6-10-23(28)29)36(31,32)27-22-11-12-34-26-22/h5-13,15H,14H2,1-4H3,(H,26,27). The zero-order valence-electron chi connectivity index (χ0n) is 20.1. The van der Waals surface area contributed by atoms with Crippen molar-refractivity contribution in [2.24, 2.45) is 0 Å². The topological polar surface area (TPSA) is 130 Å². The Kier molecular flexibility index (Phi) is 6.59. The lowest BCUT2D eigenvalue weighted by molar-refractivity contribution is -0.153. The number of aromatic nitrogens is 2. The zero-order valence-corrected chi connectivity index (χ0v) is 21.0. The van der Waals surface area contributed by atoms with Crippen LogP contribution < -0.4 is 15.0 Å². The van der Waals surface area contributed by atoms with Gasteiger partial charge >= 0.3 is 5.97 Å². The van der Waals surface area contributed by atoms with E-state index in [9.17, 15) is 18.0 Å². The van der Waals surface area contributed by atoms with Gasteiger partial charge in [0.2, 0.25) is 0 Å². The Morgan fingerprint density at radius 3 is 2.53 bits per heavy atom. The van der Waals surface area contributed by atoms with Crippen molar-refractivity contribution in [3.8, 4) is 11.4 Å². The number of pyridine rings is 1. The molecule has 0 saturated heterocycles. The molecule has 1 N–H and O–H groups in total. The molecule has 36 heavy (non-hydrogen) atoms. The van der Waals surface area contributed by atoms with Gasteiger partial charge in [0.1, 0.15) is 17.6 Å². The van der Waals surface area contributed by atoms with Crippen molar-refractivity contribution in [3.05, 3.63) is 76.8 Å². The van der Waals surface area contributed by atoms with Crippen LogP contribution in [0.1, 0.15) is 26.3 Å². The van der Waals surface area contributed by atoms with Crippen molar-refractivity contribution in [2.75, 3.05) is 11.8 Å². The van der Waals surface area contributed by atoms with Crippen LogP contribution in [0.5, 0.6) is 5.75 Å². The molecule has 11 heteroatoms. The molecule has 4 rings (SSSR count). The fourth-order valence-corrected chi connectivity index (χ4v) is 4.69. The summed E-state index contributed by atoms with van der Waals surface area (Å²) in [7, 11) is -2.47. The summed E-state index contributed by atoms with van der Waals surface area (Å²) < 4.78 is 44.9. The van der Waals surface area contributed by atoms with Crippen LogP contribution in [0.3, 0.4) is 0 Å². The third-order valence-electron chi connectivity index (χ3n) is 5.11. The fourth-order valence-electron chi connectivity index (χ4n) is 3.67. The van der Waals surface area contributed by atoms with E-state index >= 15 is 0 Å². The lowest BCUT2D eigenvalue weighted by Crippen LogP contribution is -2.25. The van der Waals surface area contributed by atoms with E-state index in [1.54, 1.807) is 45.0 Å². The lowest BCUT2D eigenvalue weighted by atomic mass is 10.1. The quantitative estimate of drug-likeness (QED) is 0.372. The number of hydrogen-bond acceptors (Lipinski definition) is 8. The average molecular weight is 512 g/mol. The van der Waals surface area contributed by atoms with E-state index in [4.69, 9.17) is 9.47 Å². The first-order valence-corrected chi connectivity index (χ1v) is 12.4. The van der Waals surface area contributed by atoms with Gasteiger partial charge in [-0.3, -0.25) is 18.9 Å². The van der Waals surface area contributed by atoms with Gasteiger partial charge in [-0.15, -0.1) is 0 Å². The summed E-state index contributed by atoms with van der Waals surface area (Å²) in [6.45, 7) is 5.36. The van der Waals surface area contributed by atoms with Crippen LogP contribution in [0.25, 0.3) is 16.6 Å². The largest absolute Gasteiger partial charge is 0.495 e. The average Bonchev–Trinajstić information content (AvgIpc) is 3.29. The van der Waals surface area contributed by atoms with Gasteiger partial charge in [-0.05, 0) is 62.7 Å². The Morgan fingerprint density at radius 2 is 1.86 bits per heavy atom. The molecular weight excluding hydrogens is 486 g/mol. The van der Waals surface area contributed by atoms with Crippen LogP contribution >= 0.6 is 0 Å². The number of hydrogen-bond donors (Lipinski definition) is 1. The highest BCUT2D eigenvalue weighted by Gasteiger charge is 2.20. The number of nitrogens with zero attached hydrogens (tertiary/aromatic N) is 2. The molecule has 0 spiro atoms. The smallest absolute Gasteiger partial charge is 0.310 e. The third-order valence-corrected chi connectivity index (χ3v) is 6.46. The molecule has 0 aliphatic carbocycles. The first-order chi connectivity index (χ1) is 17.0. The van der Waals surface area contributed by atoms with E-state index in [1.807, 2.05) is 0 Å². The van der Waals surface area contributed by atoms with Crippen LogP contribution in [0, 0.1) is 0 Å². The van der Waals surface area contributed by atoms with Gasteiger partial charge in [-0.1, -0.05) is 11.2 Å². The lowest BCUT2D eigenvalue weighted by Gasteiger charge is -2.20. The minimum absolute atomic E-state index is 0.00386. The molecule has 0 aliphatic heterocycles. The Balaban J connectivity index is 1.78. The first-order valence-electron chi connectivity index (χ1n) is 10.9. The molecule has 0 atom stereocenters. The van der Waals surface area contributed by atoms with Crippen LogP contribution in [-0.4, -0.2) is 36.8 Å². The van der Waals surface area contributed by atoms with E-state index in [-0.39, 0.29) is 22.7 Å². The van der Waals surface area contributed by atoms with Gasteiger partial charge in [0.15, 0.2) is 5.82 Å². The summed E-state index contributed by atoms with van der Waals surface area (Å²) in [5.41, 5.74) is 0.507. The molecule has 10 nitrogen and oxygen atoms in total. The highest BCUT2D eigenvalue weighted by molar-refractivity contribution is 7.92. The van der Waals surface area contributed by atoms with Crippen molar-refractivity contribution < 1.29 is 27.2 Å². The summed E-state index contributed by atoms with van der Waals surface area (Å²) in [4.78, 5) is 25.3. The summed E-state index contributed by atoms with van der Waals surface area (Å²) >= 11 is 0. The molecule has 0 aliphatic rings. The number of anilines is 1. The maximum Gasteiger partial charge on any atom is 0.310 e. The molecule has 0 amide bonds. The predicted molar refractivity (Wildman–Crippen MR) is 133 cm³/mol. The van der Waals surface area contributed by atoms with Crippen LogP contribution in [0.4, 0.5) is 5.82 Å². The van der Waals surface area contributed by atoms with Gasteiger partial charge in [-0.25, -0.2) is 8.42 Å². The number of nitrogens with one attached hydrogen (secondary N) is 1. The molecule has 0 saturated carbocycles. The van der Waals surface area contributed by atoms with Gasteiger partial charge in [0.25, 0.3) is 15.6 Å². The number of rotatable bonds is 7. The summed E-state index contributed by atoms with van der Waals surface area (Å²) in [5, 5.41) is 4.06. The number of ether oxygens (including phenoxy) is 2. The van der Waals surface area contributed by atoms with Crippen LogP contribution in [0.15, 0.2) is 75.1 Å². The van der Waals surface area contributed by atoms with Gasteiger partial charge < -0.3 is 14.0 Å². The van der Waals surface area contributed by atoms with Crippen LogP contribution in [0.2, 0.25) is 0 Å². The van der Waals surface area contributed by atoms with E-state index < -0.39 is 21.6 Å². The molecule has 0 bridgehead atoms. The maximum absolute atomic E-state index is 13.0. The number of benzene rings is 2. The number of carbonyl (C=O) groups is 1. The van der Waals surface area contributed by atoms with Crippen molar-refractivity contribution in [2.45, 2.75) is 37.7 Å². The van der Waals surface area contributed by atoms with Crippen molar-refractivity contribution in [3.63, 3.8) is 0 Å². The summed E-state index contributed by atoms with van der Waals surface area (Å²) in [6.07, 6.45) is 1.26. The molecule has 2 heterocycles. The number of fused-ring (bicyclic) bond motifs is 1. The fraction of sp³-hybridized carbons (Fsp3) is 0.240. The summed E-state index contributed by atoms with van der Waals surface area (Å²) in [6, 6.07) is 13.7. The SMILES string of the molecule is COc1ccc(CC(=O)OC(C)(C)C)cc1-n1c(=O)ccc2cc(S(=O)(=O)Nc3ccon3)ccc21. The normalized spacial score (nSPS) is 11.9. The molecule has 2 aromatic carbocycles. The third kappa shape index (κ3) is 5.41. The predicted octanol–water partition coefficient (Wildman–Crippen LogP) is 3.67. The van der Waals surface area contributed by atoms with Gasteiger partial charge in [0, 0.05) is 17.5 Å². The minimum Gasteiger partial charge on any atom is -0.495 e. The maximum atomic E-state index is 13.0. The monoisotopic (exact) mass is 511 g/mol. The molecule has 4 aromatic rings. The Morgan fingerprint density at radius 1 is 1.08 bits per heavy atom.